The first-order valence-corrected chi connectivity index (χ1v) is 4.55. The molecule has 1 aliphatic carbocycles. The van der Waals surface area contributed by atoms with Crippen molar-refractivity contribution >= 4 is 5.97 Å². The number of unbranched alkanes of at least 4 members (excludes halogenated alkanes) is 1. The summed E-state index contributed by atoms with van der Waals surface area (Å²) in [5.41, 5.74) is -0.358. The van der Waals surface area contributed by atoms with Gasteiger partial charge in [-0.3, -0.25) is 4.79 Å². The fraction of sp³-hybridized carbons (Fsp3) is 0.700. The quantitative estimate of drug-likeness (QED) is 0.506. The smallest absolute Gasteiger partial charge is 0.309 e. The first-order chi connectivity index (χ1) is 5.71. The van der Waals surface area contributed by atoms with Gasteiger partial charge in [0, 0.05) is 0 Å². The molecule has 1 saturated carbocycles. The van der Waals surface area contributed by atoms with E-state index in [1.807, 2.05) is 6.08 Å². The van der Waals surface area contributed by atoms with E-state index >= 15 is 0 Å². The molecule has 12 heavy (non-hydrogen) atoms. The van der Waals surface area contributed by atoms with Crippen molar-refractivity contribution in [3.8, 4) is 0 Å². The topological polar surface area (TPSA) is 37.3 Å². The Bertz CT molecular complexity index is 180. The normalized spacial score (nSPS) is 19.7. The summed E-state index contributed by atoms with van der Waals surface area (Å²) in [5, 5.41) is 8.96. The van der Waals surface area contributed by atoms with Crippen LogP contribution in [0.4, 0.5) is 0 Å². The number of carbonyl (C=O) groups is 1. The van der Waals surface area contributed by atoms with Gasteiger partial charge >= 0.3 is 5.97 Å². The minimum absolute atomic E-state index is 0.358. The molecule has 0 saturated heterocycles. The Morgan fingerprint density at radius 1 is 1.58 bits per heavy atom. The molecule has 0 amide bonds. The molecular formula is C10H16O2. The molecular weight excluding hydrogens is 152 g/mol. The SMILES string of the molecule is C=CCCCC1(C(=O)O)CCC1. The Kier molecular flexibility index (Phi) is 2.90. The number of hydrogen-bond donors (Lipinski definition) is 1. The summed E-state index contributed by atoms with van der Waals surface area (Å²) >= 11 is 0. The van der Waals surface area contributed by atoms with E-state index in [2.05, 4.69) is 6.58 Å². The molecule has 0 atom stereocenters. The second kappa shape index (κ2) is 3.74. The van der Waals surface area contributed by atoms with Gasteiger partial charge in [0.25, 0.3) is 0 Å². The second-order valence-corrected chi connectivity index (χ2v) is 3.62. The highest BCUT2D eigenvalue weighted by atomic mass is 16.4. The third kappa shape index (κ3) is 1.68. The first-order valence-electron chi connectivity index (χ1n) is 4.55. The van der Waals surface area contributed by atoms with Gasteiger partial charge < -0.3 is 5.11 Å². The van der Waals surface area contributed by atoms with Crippen LogP contribution in [0.1, 0.15) is 38.5 Å². The maximum atomic E-state index is 10.9. The minimum atomic E-state index is -0.599. The number of hydrogen-bond acceptors (Lipinski definition) is 1. The van der Waals surface area contributed by atoms with Crippen LogP contribution in [-0.2, 0) is 4.79 Å². The van der Waals surface area contributed by atoms with Gasteiger partial charge in [-0.1, -0.05) is 12.5 Å². The zero-order chi connectivity index (χ0) is 9.03. The maximum absolute atomic E-state index is 10.9. The van der Waals surface area contributed by atoms with E-state index in [-0.39, 0.29) is 5.41 Å². The van der Waals surface area contributed by atoms with Gasteiger partial charge in [0.1, 0.15) is 0 Å². The van der Waals surface area contributed by atoms with Crippen molar-refractivity contribution < 1.29 is 9.90 Å². The minimum Gasteiger partial charge on any atom is -0.481 e. The summed E-state index contributed by atoms with van der Waals surface area (Å²) in [7, 11) is 0. The van der Waals surface area contributed by atoms with Crippen LogP contribution >= 0.6 is 0 Å². The molecule has 1 aliphatic rings. The zero-order valence-electron chi connectivity index (χ0n) is 7.38. The van der Waals surface area contributed by atoms with Crippen molar-refractivity contribution in [2.45, 2.75) is 38.5 Å². The van der Waals surface area contributed by atoms with Gasteiger partial charge in [0.2, 0.25) is 0 Å². The highest BCUT2D eigenvalue weighted by Gasteiger charge is 2.43. The lowest BCUT2D eigenvalue weighted by molar-refractivity contribution is -0.155. The van der Waals surface area contributed by atoms with Gasteiger partial charge in [0.05, 0.1) is 5.41 Å². The summed E-state index contributed by atoms with van der Waals surface area (Å²) in [5.74, 6) is -0.599. The largest absolute Gasteiger partial charge is 0.481 e. The van der Waals surface area contributed by atoms with Crippen molar-refractivity contribution in [1.29, 1.82) is 0 Å². The fourth-order valence-electron chi connectivity index (χ4n) is 1.76. The molecule has 0 aromatic heterocycles. The summed E-state index contributed by atoms with van der Waals surface area (Å²) in [6.45, 7) is 3.62. The molecule has 1 N–H and O–H groups in total. The Labute approximate surface area is 73.3 Å². The summed E-state index contributed by atoms with van der Waals surface area (Å²) < 4.78 is 0. The third-order valence-electron chi connectivity index (χ3n) is 2.83. The van der Waals surface area contributed by atoms with E-state index in [4.69, 9.17) is 5.11 Å². The van der Waals surface area contributed by atoms with Crippen molar-refractivity contribution in [3.63, 3.8) is 0 Å². The summed E-state index contributed by atoms with van der Waals surface area (Å²) in [4.78, 5) is 10.9. The molecule has 0 aromatic rings. The number of aliphatic carboxylic acids is 1. The van der Waals surface area contributed by atoms with Gasteiger partial charge in [0.15, 0.2) is 0 Å². The van der Waals surface area contributed by atoms with E-state index in [0.717, 1.165) is 38.5 Å². The molecule has 2 nitrogen and oxygen atoms in total. The van der Waals surface area contributed by atoms with E-state index in [9.17, 15) is 4.79 Å². The Balaban J connectivity index is 2.34. The van der Waals surface area contributed by atoms with Crippen LogP contribution < -0.4 is 0 Å². The average molecular weight is 168 g/mol. The third-order valence-corrected chi connectivity index (χ3v) is 2.83. The molecule has 0 spiro atoms. The molecule has 0 aliphatic heterocycles. The van der Waals surface area contributed by atoms with Gasteiger partial charge in [-0.2, -0.15) is 0 Å². The highest BCUT2D eigenvalue weighted by molar-refractivity contribution is 5.75. The molecule has 0 heterocycles. The van der Waals surface area contributed by atoms with Crippen LogP contribution in [0.3, 0.4) is 0 Å². The molecule has 1 rings (SSSR count). The predicted molar refractivity (Wildman–Crippen MR) is 48.0 cm³/mol. The van der Waals surface area contributed by atoms with Crippen LogP contribution in [-0.4, -0.2) is 11.1 Å². The van der Waals surface area contributed by atoms with Crippen LogP contribution in [0.2, 0.25) is 0 Å². The van der Waals surface area contributed by atoms with Crippen molar-refractivity contribution in [2.24, 2.45) is 5.41 Å². The molecule has 68 valence electrons. The second-order valence-electron chi connectivity index (χ2n) is 3.62. The van der Waals surface area contributed by atoms with E-state index in [1.165, 1.54) is 0 Å². The monoisotopic (exact) mass is 168 g/mol. The number of rotatable bonds is 5. The van der Waals surface area contributed by atoms with E-state index in [0.29, 0.717) is 0 Å². The fourth-order valence-corrected chi connectivity index (χ4v) is 1.76. The molecule has 0 radical (unpaired) electrons. The lowest BCUT2D eigenvalue weighted by atomic mass is 9.66. The van der Waals surface area contributed by atoms with Gasteiger partial charge in [-0.15, -0.1) is 6.58 Å². The van der Waals surface area contributed by atoms with Gasteiger partial charge in [-0.25, -0.2) is 0 Å². The summed E-state index contributed by atoms with van der Waals surface area (Å²) in [6.07, 6.45) is 7.42. The lowest BCUT2D eigenvalue weighted by Gasteiger charge is -2.37. The predicted octanol–water partition coefficient (Wildman–Crippen LogP) is 2.60. The number of carboxylic acids is 1. The Morgan fingerprint density at radius 3 is 2.58 bits per heavy atom. The molecule has 0 aromatic carbocycles. The molecule has 0 unspecified atom stereocenters. The van der Waals surface area contributed by atoms with Crippen LogP contribution in [0.15, 0.2) is 12.7 Å². The zero-order valence-corrected chi connectivity index (χ0v) is 7.38. The summed E-state index contributed by atoms with van der Waals surface area (Å²) in [6, 6.07) is 0. The number of allylic oxidation sites excluding steroid dienone is 1. The molecule has 1 fully saturated rings. The highest BCUT2D eigenvalue weighted by Crippen LogP contribution is 2.45. The van der Waals surface area contributed by atoms with Crippen molar-refractivity contribution in [1.82, 2.24) is 0 Å². The lowest BCUT2D eigenvalue weighted by Crippen LogP contribution is -2.37. The van der Waals surface area contributed by atoms with Crippen molar-refractivity contribution in [3.05, 3.63) is 12.7 Å². The van der Waals surface area contributed by atoms with Crippen LogP contribution in [0.25, 0.3) is 0 Å². The Morgan fingerprint density at radius 2 is 2.25 bits per heavy atom. The maximum Gasteiger partial charge on any atom is 0.309 e. The number of carboxylic acid groups (broad SMARTS) is 1. The van der Waals surface area contributed by atoms with E-state index < -0.39 is 5.97 Å². The Hall–Kier alpha value is -0.790. The standard InChI is InChI=1S/C10H16O2/c1-2-3-4-6-10(9(11)12)7-5-8-10/h2H,1,3-8H2,(H,11,12). The average Bonchev–Trinajstić information content (AvgIpc) is 1.94. The molecule has 0 bridgehead atoms. The van der Waals surface area contributed by atoms with Gasteiger partial charge in [-0.05, 0) is 32.1 Å². The molecule has 2 heteroatoms. The van der Waals surface area contributed by atoms with E-state index in [1.54, 1.807) is 0 Å². The van der Waals surface area contributed by atoms with Crippen LogP contribution in [0.5, 0.6) is 0 Å². The van der Waals surface area contributed by atoms with Crippen molar-refractivity contribution in [2.75, 3.05) is 0 Å². The first kappa shape index (κ1) is 9.30. The van der Waals surface area contributed by atoms with Crippen LogP contribution in [0, 0.1) is 5.41 Å².